The van der Waals surface area contributed by atoms with E-state index in [2.05, 4.69) is 10.3 Å². The number of aryl methyl sites for hydroxylation is 1. The van der Waals surface area contributed by atoms with Gasteiger partial charge in [-0.25, -0.2) is 0 Å². The van der Waals surface area contributed by atoms with Crippen molar-refractivity contribution in [3.8, 4) is 5.75 Å². The highest BCUT2D eigenvalue weighted by Gasteiger charge is 2.45. The highest BCUT2D eigenvalue weighted by Crippen LogP contribution is 2.27. The number of aromatic hydroxyl groups is 1. The van der Waals surface area contributed by atoms with Gasteiger partial charge in [-0.15, -0.1) is 0 Å². The van der Waals surface area contributed by atoms with E-state index in [-0.39, 0.29) is 17.9 Å². The van der Waals surface area contributed by atoms with Crippen molar-refractivity contribution in [1.29, 1.82) is 0 Å². The molecule has 2 heterocycles. The smallest absolute Gasteiger partial charge is 0.217 e. The Bertz CT molecular complexity index is 641. The number of aliphatic hydroxyl groups is 4. The second-order valence-corrected chi connectivity index (χ2v) is 6.10. The molecule has 1 aliphatic rings. The lowest BCUT2D eigenvalue weighted by molar-refractivity contribution is -0.273. The number of amides is 1. The fraction of sp³-hybridized carbons (Fsp3) is 0.625. The number of rotatable bonds is 6. The molecule has 10 nitrogen and oxygen atoms in total. The predicted molar refractivity (Wildman–Crippen MR) is 86.7 cm³/mol. The van der Waals surface area contributed by atoms with Crippen LogP contribution < -0.4 is 5.32 Å². The van der Waals surface area contributed by atoms with E-state index in [1.807, 2.05) is 0 Å². The Hall–Kier alpha value is -1.82. The second kappa shape index (κ2) is 8.71. The van der Waals surface area contributed by atoms with E-state index in [1.54, 1.807) is 6.92 Å². The molecule has 0 spiro atoms. The van der Waals surface area contributed by atoms with Gasteiger partial charge in [-0.05, 0) is 6.92 Å². The maximum absolute atomic E-state index is 11.4. The van der Waals surface area contributed by atoms with Crippen LogP contribution in [0.15, 0.2) is 6.20 Å². The van der Waals surface area contributed by atoms with Crippen molar-refractivity contribution in [2.45, 2.75) is 57.7 Å². The minimum atomic E-state index is -1.42. The van der Waals surface area contributed by atoms with Crippen LogP contribution in [-0.4, -0.2) is 73.7 Å². The molecular formula is C16H24N2O8. The SMILES string of the molecule is CC(=O)N[C@H]1[C@H](OCc2cnc(C)c(O)c2CO)O[C@H](CO)[C@@H](O)[C@@H]1O. The topological polar surface area (TPSA) is 162 Å². The van der Waals surface area contributed by atoms with E-state index >= 15 is 0 Å². The molecule has 0 saturated carbocycles. The fourth-order valence-electron chi connectivity index (χ4n) is 2.77. The number of aromatic nitrogens is 1. The summed E-state index contributed by atoms with van der Waals surface area (Å²) >= 11 is 0. The van der Waals surface area contributed by atoms with Crippen LogP contribution in [0.2, 0.25) is 0 Å². The molecule has 0 bridgehead atoms. The molecule has 5 atom stereocenters. The zero-order valence-corrected chi connectivity index (χ0v) is 14.5. The third-order valence-corrected chi connectivity index (χ3v) is 4.24. The monoisotopic (exact) mass is 372 g/mol. The molecule has 0 aromatic carbocycles. The normalized spacial score (nSPS) is 28.8. The van der Waals surface area contributed by atoms with Crippen LogP contribution in [0.25, 0.3) is 0 Å². The summed E-state index contributed by atoms with van der Waals surface area (Å²) < 4.78 is 11.0. The first kappa shape index (κ1) is 20.5. The number of aliphatic hydroxyl groups excluding tert-OH is 4. The van der Waals surface area contributed by atoms with Gasteiger partial charge in [0.25, 0.3) is 0 Å². The lowest BCUT2D eigenvalue weighted by Crippen LogP contribution is -2.64. The number of carbonyl (C=O) groups is 1. The standard InChI is InChI=1S/C16H24N2O8/c1-7-13(22)10(4-19)9(3-17-7)6-25-16-12(18-8(2)21)15(24)14(23)11(5-20)26-16/h3,11-12,14-16,19-20,22-24H,4-6H2,1-2H3,(H,18,21)/t11-,12-,14-,15-,16-/m1/s1. The molecule has 1 fully saturated rings. The molecule has 26 heavy (non-hydrogen) atoms. The summed E-state index contributed by atoms with van der Waals surface area (Å²) in [5.74, 6) is -0.619. The van der Waals surface area contributed by atoms with Gasteiger partial charge in [-0.1, -0.05) is 0 Å². The van der Waals surface area contributed by atoms with Crippen LogP contribution in [0, 0.1) is 6.92 Å². The van der Waals surface area contributed by atoms with Crippen molar-refractivity contribution < 1.29 is 39.8 Å². The van der Waals surface area contributed by atoms with E-state index < -0.39 is 49.8 Å². The Kier molecular flexibility index (Phi) is 6.87. The van der Waals surface area contributed by atoms with Crippen LogP contribution in [0.3, 0.4) is 0 Å². The van der Waals surface area contributed by atoms with Gasteiger partial charge in [0.15, 0.2) is 6.29 Å². The maximum Gasteiger partial charge on any atom is 0.217 e. The Balaban J connectivity index is 2.19. The Morgan fingerprint density at radius 3 is 2.62 bits per heavy atom. The molecule has 146 valence electrons. The lowest BCUT2D eigenvalue weighted by Gasteiger charge is -2.42. The zero-order valence-electron chi connectivity index (χ0n) is 14.5. The van der Waals surface area contributed by atoms with E-state index in [1.165, 1.54) is 13.1 Å². The minimum Gasteiger partial charge on any atom is -0.506 e. The third kappa shape index (κ3) is 4.29. The molecular weight excluding hydrogens is 348 g/mol. The van der Waals surface area contributed by atoms with Crippen molar-refractivity contribution in [2.24, 2.45) is 0 Å². The van der Waals surface area contributed by atoms with Gasteiger partial charge in [0, 0.05) is 24.2 Å². The Morgan fingerprint density at radius 1 is 1.35 bits per heavy atom. The largest absolute Gasteiger partial charge is 0.506 e. The molecule has 1 saturated heterocycles. The van der Waals surface area contributed by atoms with Crippen LogP contribution in [-0.2, 0) is 27.5 Å². The number of ether oxygens (including phenoxy) is 2. The van der Waals surface area contributed by atoms with E-state index in [9.17, 15) is 30.3 Å². The first-order chi connectivity index (χ1) is 12.3. The van der Waals surface area contributed by atoms with Crippen molar-refractivity contribution in [3.05, 3.63) is 23.0 Å². The van der Waals surface area contributed by atoms with E-state index in [0.29, 0.717) is 11.3 Å². The number of pyridine rings is 1. The second-order valence-electron chi connectivity index (χ2n) is 6.10. The maximum atomic E-state index is 11.4. The van der Waals surface area contributed by atoms with E-state index in [4.69, 9.17) is 9.47 Å². The summed E-state index contributed by atoms with van der Waals surface area (Å²) in [4.78, 5) is 15.4. The van der Waals surface area contributed by atoms with Crippen molar-refractivity contribution in [1.82, 2.24) is 10.3 Å². The summed E-state index contributed by atoms with van der Waals surface area (Å²) in [6.07, 6.45) is -3.68. The summed E-state index contributed by atoms with van der Waals surface area (Å²) in [5.41, 5.74) is 0.979. The van der Waals surface area contributed by atoms with Gasteiger partial charge < -0.3 is 40.3 Å². The average Bonchev–Trinajstić information content (AvgIpc) is 2.61. The minimum absolute atomic E-state index is 0.153. The average molecular weight is 372 g/mol. The predicted octanol–water partition coefficient (Wildman–Crippen LogP) is -1.95. The van der Waals surface area contributed by atoms with Gasteiger partial charge >= 0.3 is 0 Å². The number of hydrogen-bond donors (Lipinski definition) is 6. The molecule has 10 heteroatoms. The van der Waals surface area contributed by atoms with Crippen LogP contribution in [0.1, 0.15) is 23.7 Å². The van der Waals surface area contributed by atoms with Gasteiger partial charge in [-0.3, -0.25) is 9.78 Å². The number of nitrogens with one attached hydrogen (secondary N) is 1. The first-order valence-electron chi connectivity index (χ1n) is 8.08. The molecule has 0 unspecified atom stereocenters. The van der Waals surface area contributed by atoms with E-state index in [0.717, 1.165) is 0 Å². The van der Waals surface area contributed by atoms with Gasteiger partial charge in [0.05, 0.1) is 25.5 Å². The molecule has 2 rings (SSSR count). The van der Waals surface area contributed by atoms with Gasteiger partial charge in [-0.2, -0.15) is 0 Å². The summed E-state index contributed by atoms with van der Waals surface area (Å²) in [7, 11) is 0. The highest BCUT2D eigenvalue weighted by atomic mass is 16.7. The van der Waals surface area contributed by atoms with Crippen LogP contribution >= 0.6 is 0 Å². The molecule has 1 amide bonds. The van der Waals surface area contributed by atoms with Crippen molar-refractivity contribution in [3.63, 3.8) is 0 Å². The Labute approximate surface area is 150 Å². The van der Waals surface area contributed by atoms with Gasteiger partial charge in [0.1, 0.15) is 30.1 Å². The molecule has 1 aromatic heterocycles. The van der Waals surface area contributed by atoms with Crippen LogP contribution in [0.4, 0.5) is 0 Å². The molecule has 6 N–H and O–H groups in total. The quantitative estimate of drug-likeness (QED) is 0.333. The summed E-state index contributed by atoms with van der Waals surface area (Å²) in [6.45, 7) is 1.67. The fourth-order valence-corrected chi connectivity index (χ4v) is 2.77. The van der Waals surface area contributed by atoms with Crippen LogP contribution in [0.5, 0.6) is 5.75 Å². The Morgan fingerprint density at radius 2 is 2.04 bits per heavy atom. The third-order valence-electron chi connectivity index (χ3n) is 4.24. The summed E-state index contributed by atoms with van der Waals surface area (Å²) in [5, 5.41) is 51.3. The molecule has 1 aliphatic heterocycles. The molecule has 0 radical (unpaired) electrons. The summed E-state index contributed by atoms with van der Waals surface area (Å²) in [6, 6.07) is -1.07. The molecule has 1 aromatic rings. The highest BCUT2D eigenvalue weighted by molar-refractivity contribution is 5.73. The molecule has 0 aliphatic carbocycles. The lowest BCUT2D eigenvalue weighted by atomic mass is 9.97. The van der Waals surface area contributed by atoms with Gasteiger partial charge in [0.2, 0.25) is 5.91 Å². The van der Waals surface area contributed by atoms with Crippen molar-refractivity contribution in [2.75, 3.05) is 6.61 Å². The first-order valence-corrected chi connectivity index (χ1v) is 8.08. The number of carbonyl (C=O) groups excluding carboxylic acids is 1. The number of hydrogen-bond acceptors (Lipinski definition) is 9. The zero-order chi connectivity index (χ0) is 19.4. The number of nitrogens with zero attached hydrogens (tertiary/aromatic N) is 1. The van der Waals surface area contributed by atoms with Crippen molar-refractivity contribution >= 4 is 5.91 Å².